The highest BCUT2D eigenvalue weighted by atomic mass is 35.5. The van der Waals surface area contributed by atoms with Gasteiger partial charge in [0.05, 0.1) is 28.6 Å². The standard InChI is InChI=1S/C16H20ClN3O2/c1-5-20-11(4)14(10(3)19-20)16(21)18-13-9-7-8-12(17)15(13)22-6-2/h7-9H,5-6H2,1-4H3,(H,18,21). The van der Waals surface area contributed by atoms with Crippen molar-refractivity contribution in [2.45, 2.75) is 34.2 Å². The highest BCUT2D eigenvalue weighted by molar-refractivity contribution is 6.32. The van der Waals surface area contributed by atoms with Gasteiger partial charge in [0.1, 0.15) is 0 Å². The normalized spacial score (nSPS) is 10.6. The Kier molecular flexibility index (Phi) is 5.08. The van der Waals surface area contributed by atoms with Crippen molar-refractivity contribution in [3.05, 3.63) is 40.2 Å². The lowest BCUT2D eigenvalue weighted by atomic mass is 10.1. The van der Waals surface area contributed by atoms with Crippen LogP contribution in [-0.4, -0.2) is 22.3 Å². The zero-order valence-electron chi connectivity index (χ0n) is 13.2. The van der Waals surface area contributed by atoms with E-state index < -0.39 is 0 Å². The first-order valence-electron chi connectivity index (χ1n) is 7.26. The van der Waals surface area contributed by atoms with E-state index in [-0.39, 0.29) is 5.91 Å². The molecule has 1 N–H and O–H groups in total. The number of nitrogens with one attached hydrogen (secondary N) is 1. The molecule has 22 heavy (non-hydrogen) atoms. The average molecular weight is 322 g/mol. The molecule has 2 rings (SSSR count). The molecule has 5 nitrogen and oxygen atoms in total. The van der Waals surface area contributed by atoms with Crippen molar-refractivity contribution >= 4 is 23.2 Å². The molecular weight excluding hydrogens is 302 g/mol. The second-order valence-corrected chi connectivity index (χ2v) is 5.27. The highest BCUT2D eigenvalue weighted by Crippen LogP contribution is 2.33. The summed E-state index contributed by atoms with van der Waals surface area (Å²) in [5.41, 5.74) is 2.70. The highest BCUT2D eigenvalue weighted by Gasteiger charge is 2.20. The van der Waals surface area contributed by atoms with Gasteiger partial charge in [0.25, 0.3) is 5.91 Å². The van der Waals surface area contributed by atoms with E-state index in [1.165, 1.54) is 0 Å². The molecule has 1 heterocycles. The van der Waals surface area contributed by atoms with E-state index >= 15 is 0 Å². The Balaban J connectivity index is 2.34. The van der Waals surface area contributed by atoms with E-state index in [0.717, 1.165) is 12.2 Å². The number of carbonyl (C=O) groups is 1. The van der Waals surface area contributed by atoms with Gasteiger partial charge in [0, 0.05) is 12.2 Å². The van der Waals surface area contributed by atoms with E-state index in [1.54, 1.807) is 18.2 Å². The van der Waals surface area contributed by atoms with Gasteiger partial charge in [-0.05, 0) is 39.8 Å². The molecule has 0 fully saturated rings. The van der Waals surface area contributed by atoms with Crippen LogP contribution in [0.3, 0.4) is 0 Å². The lowest BCUT2D eigenvalue weighted by Gasteiger charge is -2.13. The van der Waals surface area contributed by atoms with Crippen LogP contribution in [0.1, 0.15) is 35.6 Å². The number of aryl methyl sites for hydroxylation is 2. The number of ether oxygens (including phenoxy) is 1. The average Bonchev–Trinajstić information content (AvgIpc) is 2.77. The molecule has 0 atom stereocenters. The Morgan fingerprint density at radius 3 is 2.68 bits per heavy atom. The number of rotatable bonds is 5. The van der Waals surface area contributed by atoms with Crippen molar-refractivity contribution in [2.75, 3.05) is 11.9 Å². The summed E-state index contributed by atoms with van der Waals surface area (Å²) in [7, 11) is 0. The summed E-state index contributed by atoms with van der Waals surface area (Å²) in [6.07, 6.45) is 0. The molecule has 0 saturated carbocycles. The monoisotopic (exact) mass is 321 g/mol. The van der Waals surface area contributed by atoms with E-state index in [4.69, 9.17) is 16.3 Å². The first-order valence-corrected chi connectivity index (χ1v) is 7.64. The minimum Gasteiger partial charge on any atom is -0.490 e. The zero-order valence-corrected chi connectivity index (χ0v) is 14.0. The number of nitrogens with zero attached hydrogens (tertiary/aromatic N) is 2. The number of anilines is 1. The second-order valence-electron chi connectivity index (χ2n) is 4.87. The molecule has 0 aliphatic carbocycles. The van der Waals surface area contributed by atoms with Gasteiger partial charge in [-0.3, -0.25) is 9.48 Å². The summed E-state index contributed by atoms with van der Waals surface area (Å²) in [5, 5.41) is 7.71. The molecule has 1 amide bonds. The van der Waals surface area contributed by atoms with Crippen molar-refractivity contribution in [3.8, 4) is 5.75 Å². The molecular formula is C16H20ClN3O2. The Bertz CT molecular complexity index is 695. The van der Waals surface area contributed by atoms with E-state index in [2.05, 4.69) is 10.4 Å². The van der Waals surface area contributed by atoms with Gasteiger partial charge in [-0.15, -0.1) is 0 Å². The lowest BCUT2D eigenvalue weighted by molar-refractivity contribution is 0.102. The molecule has 2 aromatic rings. The summed E-state index contributed by atoms with van der Waals surface area (Å²) in [4.78, 5) is 12.6. The molecule has 0 aliphatic rings. The Morgan fingerprint density at radius 2 is 2.09 bits per heavy atom. The first-order chi connectivity index (χ1) is 10.5. The summed E-state index contributed by atoms with van der Waals surface area (Å²) < 4.78 is 7.34. The van der Waals surface area contributed by atoms with E-state index in [0.29, 0.717) is 34.3 Å². The number of hydrogen-bond donors (Lipinski definition) is 1. The fourth-order valence-corrected chi connectivity index (χ4v) is 2.65. The van der Waals surface area contributed by atoms with Crippen LogP contribution in [0.15, 0.2) is 18.2 Å². The van der Waals surface area contributed by atoms with E-state index in [1.807, 2.05) is 32.4 Å². The minimum absolute atomic E-state index is 0.210. The second kappa shape index (κ2) is 6.83. The van der Waals surface area contributed by atoms with Gasteiger partial charge in [-0.25, -0.2) is 0 Å². The van der Waals surface area contributed by atoms with Gasteiger partial charge < -0.3 is 10.1 Å². The molecule has 0 aliphatic heterocycles. The molecule has 1 aromatic carbocycles. The van der Waals surface area contributed by atoms with Crippen LogP contribution in [0.5, 0.6) is 5.75 Å². The van der Waals surface area contributed by atoms with Crippen LogP contribution in [-0.2, 0) is 6.54 Å². The molecule has 118 valence electrons. The largest absolute Gasteiger partial charge is 0.490 e. The third kappa shape index (κ3) is 3.09. The van der Waals surface area contributed by atoms with Crippen LogP contribution in [0, 0.1) is 13.8 Å². The third-order valence-electron chi connectivity index (χ3n) is 3.41. The van der Waals surface area contributed by atoms with Gasteiger partial charge in [0.15, 0.2) is 5.75 Å². The maximum Gasteiger partial charge on any atom is 0.259 e. The first kappa shape index (κ1) is 16.4. The number of hydrogen-bond acceptors (Lipinski definition) is 3. The molecule has 0 saturated heterocycles. The maximum atomic E-state index is 12.6. The fraction of sp³-hybridized carbons (Fsp3) is 0.375. The minimum atomic E-state index is -0.210. The molecule has 6 heteroatoms. The maximum absolute atomic E-state index is 12.6. The van der Waals surface area contributed by atoms with Crippen LogP contribution in [0.4, 0.5) is 5.69 Å². The summed E-state index contributed by atoms with van der Waals surface area (Å²) >= 11 is 6.13. The number of aromatic nitrogens is 2. The van der Waals surface area contributed by atoms with Crippen LogP contribution in [0.25, 0.3) is 0 Å². The molecule has 0 bridgehead atoms. The summed E-state index contributed by atoms with van der Waals surface area (Å²) in [6.45, 7) is 8.77. The third-order valence-corrected chi connectivity index (χ3v) is 3.71. The number of amides is 1. The predicted octanol–water partition coefficient (Wildman–Crippen LogP) is 3.82. The summed E-state index contributed by atoms with van der Waals surface area (Å²) in [5.74, 6) is 0.274. The topological polar surface area (TPSA) is 56.1 Å². The van der Waals surface area contributed by atoms with Crippen LogP contribution < -0.4 is 10.1 Å². The molecule has 0 unspecified atom stereocenters. The van der Waals surface area contributed by atoms with Crippen molar-refractivity contribution in [3.63, 3.8) is 0 Å². The Morgan fingerprint density at radius 1 is 1.36 bits per heavy atom. The van der Waals surface area contributed by atoms with E-state index in [9.17, 15) is 4.79 Å². The number of para-hydroxylation sites is 1. The molecule has 0 radical (unpaired) electrons. The van der Waals surface area contributed by atoms with Crippen molar-refractivity contribution in [1.82, 2.24) is 9.78 Å². The SMILES string of the molecule is CCOc1c(Cl)cccc1NC(=O)c1c(C)nn(CC)c1C. The van der Waals surface area contributed by atoms with Crippen molar-refractivity contribution in [1.29, 1.82) is 0 Å². The lowest BCUT2D eigenvalue weighted by Crippen LogP contribution is -2.15. The van der Waals surface area contributed by atoms with Crippen LogP contribution >= 0.6 is 11.6 Å². The predicted molar refractivity (Wildman–Crippen MR) is 87.9 cm³/mol. The van der Waals surface area contributed by atoms with Gasteiger partial charge in [-0.1, -0.05) is 17.7 Å². The van der Waals surface area contributed by atoms with Crippen molar-refractivity contribution < 1.29 is 9.53 Å². The fourth-order valence-electron chi connectivity index (χ4n) is 2.42. The zero-order chi connectivity index (χ0) is 16.3. The number of halogens is 1. The van der Waals surface area contributed by atoms with Gasteiger partial charge >= 0.3 is 0 Å². The molecule has 1 aromatic heterocycles. The Hall–Kier alpha value is -2.01. The Labute approximate surface area is 135 Å². The van der Waals surface area contributed by atoms with Gasteiger partial charge in [-0.2, -0.15) is 5.10 Å². The number of carbonyl (C=O) groups excluding carboxylic acids is 1. The summed E-state index contributed by atoms with van der Waals surface area (Å²) in [6, 6.07) is 5.27. The van der Waals surface area contributed by atoms with Crippen molar-refractivity contribution in [2.24, 2.45) is 0 Å². The smallest absolute Gasteiger partial charge is 0.259 e. The quantitative estimate of drug-likeness (QED) is 0.910. The van der Waals surface area contributed by atoms with Crippen LogP contribution in [0.2, 0.25) is 5.02 Å². The molecule has 0 spiro atoms. The number of benzene rings is 1. The van der Waals surface area contributed by atoms with Gasteiger partial charge in [0.2, 0.25) is 0 Å².